The summed E-state index contributed by atoms with van der Waals surface area (Å²) in [7, 11) is 1.68. The van der Waals surface area contributed by atoms with Gasteiger partial charge in [-0.2, -0.15) is 16.9 Å². The Labute approximate surface area is 152 Å². The quantitative estimate of drug-likeness (QED) is 0.839. The zero-order valence-electron chi connectivity index (χ0n) is 14.5. The van der Waals surface area contributed by atoms with E-state index in [1.807, 2.05) is 23.9 Å². The highest BCUT2D eigenvalue weighted by molar-refractivity contribution is 7.99. The van der Waals surface area contributed by atoms with Gasteiger partial charge in [0.15, 0.2) is 5.82 Å². The van der Waals surface area contributed by atoms with Crippen LogP contribution in [0.2, 0.25) is 0 Å². The summed E-state index contributed by atoms with van der Waals surface area (Å²) in [6, 6.07) is 10.3. The first-order valence-corrected chi connectivity index (χ1v) is 9.92. The van der Waals surface area contributed by atoms with Gasteiger partial charge in [-0.25, -0.2) is 0 Å². The summed E-state index contributed by atoms with van der Waals surface area (Å²) in [4.78, 5) is 2.32. The van der Waals surface area contributed by atoms with Gasteiger partial charge in [0, 0.05) is 36.6 Å². The molecule has 25 heavy (non-hydrogen) atoms. The predicted octanol–water partition coefficient (Wildman–Crippen LogP) is 2.83. The molecular weight excluding hydrogens is 334 g/mol. The van der Waals surface area contributed by atoms with E-state index < -0.39 is 0 Å². The first-order chi connectivity index (χ1) is 12.3. The number of methoxy groups -OCH3 is 1. The first-order valence-electron chi connectivity index (χ1n) is 8.77. The summed E-state index contributed by atoms with van der Waals surface area (Å²) in [6.07, 6.45) is 1.90. The molecule has 2 aliphatic heterocycles. The Kier molecular flexibility index (Phi) is 4.97. The van der Waals surface area contributed by atoms with Crippen LogP contribution in [-0.2, 0) is 12.8 Å². The minimum Gasteiger partial charge on any atom is -0.497 e. The fourth-order valence-corrected chi connectivity index (χ4v) is 4.30. The lowest BCUT2D eigenvalue weighted by Crippen LogP contribution is -2.33. The minimum atomic E-state index is 0.437. The summed E-state index contributed by atoms with van der Waals surface area (Å²) in [5, 5.41) is 8.90. The molecule has 0 N–H and O–H groups in total. The number of benzene rings is 1. The van der Waals surface area contributed by atoms with E-state index >= 15 is 0 Å². The molecule has 5 nitrogen and oxygen atoms in total. The largest absolute Gasteiger partial charge is 0.497 e. The molecular formula is C19H23N3O2S. The van der Waals surface area contributed by atoms with E-state index in [0.29, 0.717) is 12.5 Å². The average Bonchev–Trinajstić information content (AvgIpc) is 2.69. The van der Waals surface area contributed by atoms with Crippen LogP contribution in [0.3, 0.4) is 0 Å². The summed E-state index contributed by atoms with van der Waals surface area (Å²) in [5.74, 6) is 5.57. The maximum absolute atomic E-state index is 5.93. The molecule has 132 valence electrons. The third-order valence-corrected chi connectivity index (χ3v) is 5.74. The van der Waals surface area contributed by atoms with Crippen LogP contribution in [0.4, 0.5) is 5.82 Å². The molecule has 0 spiro atoms. The van der Waals surface area contributed by atoms with Crippen LogP contribution in [0, 0.1) is 5.92 Å². The lowest BCUT2D eigenvalue weighted by Gasteiger charge is -2.27. The minimum absolute atomic E-state index is 0.437. The van der Waals surface area contributed by atoms with Crippen molar-refractivity contribution in [1.29, 1.82) is 0 Å². The van der Waals surface area contributed by atoms with E-state index in [4.69, 9.17) is 9.47 Å². The van der Waals surface area contributed by atoms with Crippen molar-refractivity contribution < 1.29 is 9.47 Å². The van der Waals surface area contributed by atoms with E-state index in [0.717, 1.165) is 48.9 Å². The van der Waals surface area contributed by atoms with Gasteiger partial charge in [0.05, 0.1) is 19.4 Å². The highest BCUT2D eigenvalue weighted by Gasteiger charge is 2.21. The number of rotatable bonds is 4. The van der Waals surface area contributed by atoms with Gasteiger partial charge in [-0.1, -0.05) is 6.07 Å². The zero-order valence-corrected chi connectivity index (χ0v) is 15.3. The summed E-state index contributed by atoms with van der Waals surface area (Å²) >= 11 is 2.00. The van der Waals surface area contributed by atoms with Crippen LogP contribution in [0.5, 0.6) is 11.5 Å². The lowest BCUT2D eigenvalue weighted by atomic mass is 9.92. The standard InChI is InChI=1S/C19H23N3O2S/c1-23-17-4-2-15-10-14(13-24-18(15)12-17)11-16-3-5-19(21-20-16)22-6-8-25-9-7-22/h2-5,12,14H,6-11,13H2,1H3/t14-/m0/s1. The lowest BCUT2D eigenvalue weighted by molar-refractivity contribution is 0.219. The summed E-state index contributed by atoms with van der Waals surface area (Å²) in [6.45, 7) is 2.84. The highest BCUT2D eigenvalue weighted by atomic mass is 32.2. The number of thioether (sulfide) groups is 1. The molecule has 0 radical (unpaired) electrons. The van der Waals surface area contributed by atoms with Gasteiger partial charge in [-0.05, 0) is 36.6 Å². The second-order valence-corrected chi connectivity index (χ2v) is 7.77. The fraction of sp³-hybridized carbons (Fsp3) is 0.474. The normalized spacial score (nSPS) is 19.9. The number of nitrogens with zero attached hydrogens (tertiary/aromatic N) is 3. The number of ether oxygens (including phenoxy) is 2. The van der Waals surface area contributed by atoms with Crippen molar-refractivity contribution in [2.75, 3.05) is 43.2 Å². The highest BCUT2D eigenvalue weighted by Crippen LogP contribution is 2.32. The number of hydrogen-bond acceptors (Lipinski definition) is 6. The van der Waals surface area contributed by atoms with Crippen molar-refractivity contribution >= 4 is 17.6 Å². The van der Waals surface area contributed by atoms with Crippen LogP contribution in [0.25, 0.3) is 0 Å². The Balaban J connectivity index is 1.39. The Morgan fingerprint density at radius 2 is 2.08 bits per heavy atom. The van der Waals surface area contributed by atoms with Gasteiger partial charge < -0.3 is 14.4 Å². The molecule has 0 unspecified atom stereocenters. The van der Waals surface area contributed by atoms with Gasteiger partial charge in [0.1, 0.15) is 11.5 Å². The van der Waals surface area contributed by atoms with E-state index in [-0.39, 0.29) is 0 Å². The van der Waals surface area contributed by atoms with E-state index in [1.54, 1.807) is 7.11 Å². The molecule has 2 aromatic rings. The Bertz CT molecular complexity index is 717. The Hall–Kier alpha value is -1.95. The van der Waals surface area contributed by atoms with E-state index in [9.17, 15) is 0 Å². The smallest absolute Gasteiger partial charge is 0.151 e. The molecule has 6 heteroatoms. The Morgan fingerprint density at radius 1 is 1.20 bits per heavy atom. The van der Waals surface area contributed by atoms with Crippen LogP contribution < -0.4 is 14.4 Å². The molecule has 0 saturated carbocycles. The van der Waals surface area contributed by atoms with Crippen molar-refractivity contribution in [3.05, 3.63) is 41.6 Å². The Morgan fingerprint density at radius 3 is 2.84 bits per heavy atom. The van der Waals surface area contributed by atoms with Crippen LogP contribution in [-0.4, -0.2) is 48.5 Å². The van der Waals surface area contributed by atoms with Crippen molar-refractivity contribution in [1.82, 2.24) is 10.2 Å². The number of hydrogen-bond donors (Lipinski definition) is 0. The maximum Gasteiger partial charge on any atom is 0.151 e. The average molecular weight is 357 g/mol. The van der Waals surface area contributed by atoms with Gasteiger partial charge in [-0.15, -0.1) is 5.10 Å². The SMILES string of the molecule is COc1ccc2c(c1)OC[C@H](Cc1ccc(N3CCSCC3)nn1)C2. The van der Waals surface area contributed by atoms with Gasteiger partial charge in [0.25, 0.3) is 0 Å². The molecule has 0 bridgehead atoms. The van der Waals surface area contributed by atoms with Crippen LogP contribution in [0.15, 0.2) is 30.3 Å². The number of aromatic nitrogens is 2. The number of fused-ring (bicyclic) bond motifs is 1. The molecule has 1 aromatic heterocycles. The molecule has 4 rings (SSSR count). The molecule has 0 amide bonds. The molecule has 1 aromatic carbocycles. The molecule has 1 atom stereocenters. The third-order valence-electron chi connectivity index (χ3n) is 4.80. The topological polar surface area (TPSA) is 47.5 Å². The van der Waals surface area contributed by atoms with E-state index in [2.05, 4.69) is 33.3 Å². The van der Waals surface area contributed by atoms with Crippen molar-refractivity contribution in [3.8, 4) is 11.5 Å². The predicted molar refractivity (Wildman–Crippen MR) is 101 cm³/mol. The molecule has 0 aliphatic carbocycles. The van der Waals surface area contributed by atoms with Crippen LogP contribution >= 0.6 is 11.8 Å². The van der Waals surface area contributed by atoms with Crippen molar-refractivity contribution in [3.63, 3.8) is 0 Å². The van der Waals surface area contributed by atoms with Crippen LogP contribution in [0.1, 0.15) is 11.3 Å². The molecule has 3 heterocycles. The molecule has 2 aliphatic rings. The summed E-state index contributed by atoms with van der Waals surface area (Å²) < 4.78 is 11.2. The summed E-state index contributed by atoms with van der Waals surface area (Å²) in [5.41, 5.74) is 2.29. The van der Waals surface area contributed by atoms with Crippen molar-refractivity contribution in [2.24, 2.45) is 5.92 Å². The first kappa shape index (κ1) is 16.5. The van der Waals surface area contributed by atoms with Gasteiger partial charge >= 0.3 is 0 Å². The monoisotopic (exact) mass is 357 g/mol. The third kappa shape index (κ3) is 3.84. The molecule has 1 fully saturated rings. The van der Waals surface area contributed by atoms with Gasteiger partial charge in [0.2, 0.25) is 0 Å². The van der Waals surface area contributed by atoms with E-state index in [1.165, 1.54) is 17.1 Å². The zero-order chi connectivity index (χ0) is 17.1. The second-order valence-electron chi connectivity index (χ2n) is 6.54. The maximum atomic E-state index is 5.93. The van der Waals surface area contributed by atoms with Gasteiger partial charge in [-0.3, -0.25) is 0 Å². The van der Waals surface area contributed by atoms with Crippen molar-refractivity contribution in [2.45, 2.75) is 12.8 Å². The number of anilines is 1. The second kappa shape index (κ2) is 7.52. The molecule has 1 saturated heterocycles. The fourth-order valence-electron chi connectivity index (χ4n) is 3.39.